The van der Waals surface area contributed by atoms with E-state index in [2.05, 4.69) is 25.5 Å². The third-order valence-electron chi connectivity index (χ3n) is 5.85. The van der Waals surface area contributed by atoms with Crippen molar-refractivity contribution in [1.82, 2.24) is 14.2 Å². The van der Waals surface area contributed by atoms with Gasteiger partial charge in [-0.3, -0.25) is 9.59 Å². The molecule has 0 radical (unpaired) electrons. The van der Waals surface area contributed by atoms with Crippen LogP contribution in [0, 0.1) is 5.92 Å². The predicted octanol–water partition coefficient (Wildman–Crippen LogP) is 2.51. The van der Waals surface area contributed by atoms with Gasteiger partial charge in [-0.05, 0) is 54.0 Å². The molecule has 7 nitrogen and oxygen atoms in total. The SMILES string of the molecule is Cn1cccc(C(=O)N2CCC(CNS(=O)(=O)c3ccc(C(C)(C)C)cc3)CC2)c1=O. The highest BCUT2D eigenvalue weighted by Gasteiger charge is 2.26. The van der Waals surface area contributed by atoms with Gasteiger partial charge in [-0.15, -0.1) is 0 Å². The molecule has 2 heterocycles. The van der Waals surface area contributed by atoms with Gasteiger partial charge in [0.25, 0.3) is 11.5 Å². The number of carbonyl (C=O) groups excluding carboxylic acids is 1. The van der Waals surface area contributed by atoms with Gasteiger partial charge >= 0.3 is 0 Å². The van der Waals surface area contributed by atoms with E-state index >= 15 is 0 Å². The number of aryl methyl sites for hydroxylation is 1. The largest absolute Gasteiger partial charge is 0.338 e. The summed E-state index contributed by atoms with van der Waals surface area (Å²) < 4.78 is 29.4. The summed E-state index contributed by atoms with van der Waals surface area (Å²) in [4.78, 5) is 26.8. The van der Waals surface area contributed by atoms with E-state index in [4.69, 9.17) is 0 Å². The van der Waals surface area contributed by atoms with Crippen molar-refractivity contribution in [3.8, 4) is 0 Å². The Morgan fingerprint density at radius 2 is 1.71 bits per heavy atom. The topological polar surface area (TPSA) is 88.5 Å². The molecule has 1 N–H and O–H groups in total. The molecule has 0 atom stereocenters. The summed E-state index contributed by atoms with van der Waals surface area (Å²) in [6, 6.07) is 10.2. The zero-order chi connectivity index (χ0) is 22.8. The van der Waals surface area contributed by atoms with Crippen LogP contribution in [0.4, 0.5) is 0 Å². The van der Waals surface area contributed by atoms with Crippen LogP contribution < -0.4 is 10.3 Å². The quantitative estimate of drug-likeness (QED) is 0.766. The molecule has 3 rings (SSSR count). The van der Waals surface area contributed by atoms with Gasteiger partial charge in [0.2, 0.25) is 10.0 Å². The number of nitrogens with one attached hydrogen (secondary N) is 1. The number of benzene rings is 1. The van der Waals surface area contributed by atoms with Crippen LogP contribution in [-0.2, 0) is 22.5 Å². The fourth-order valence-electron chi connectivity index (χ4n) is 3.72. The minimum atomic E-state index is -3.58. The summed E-state index contributed by atoms with van der Waals surface area (Å²) in [6.45, 7) is 7.59. The minimum Gasteiger partial charge on any atom is -0.338 e. The molecule has 168 valence electrons. The molecule has 1 fully saturated rings. The molecule has 2 aromatic rings. The van der Waals surface area contributed by atoms with Crippen molar-refractivity contribution in [2.75, 3.05) is 19.6 Å². The Kier molecular flexibility index (Phi) is 6.71. The maximum Gasteiger partial charge on any atom is 0.263 e. The maximum absolute atomic E-state index is 12.7. The molecule has 0 spiro atoms. The molecular formula is C23H31N3O4S. The number of aromatic nitrogens is 1. The number of pyridine rings is 1. The molecule has 8 heteroatoms. The summed E-state index contributed by atoms with van der Waals surface area (Å²) in [6.07, 6.45) is 2.99. The zero-order valence-corrected chi connectivity index (χ0v) is 19.4. The van der Waals surface area contributed by atoms with Gasteiger partial charge < -0.3 is 9.47 Å². The minimum absolute atomic E-state index is 0.0366. The summed E-state index contributed by atoms with van der Waals surface area (Å²) in [7, 11) is -1.96. The Balaban J connectivity index is 1.55. The van der Waals surface area contributed by atoms with Gasteiger partial charge in [0.15, 0.2) is 0 Å². The van der Waals surface area contributed by atoms with Gasteiger partial charge in [0.1, 0.15) is 5.56 Å². The van der Waals surface area contributed by atoms with Gasteiger partial charge in [-0.2, -0.15) is 0 Å². The number of rotatable bonds is 5. The van der Waals surface area contributed by atoms with Crippen LogP contribution in [0.2, 0.25) is 0 Å². The number of carbonyl (C=O) groups is 1. The van der Waals surface area contributed by atoms with Crippen LogP contribution >= 0.6 is 0 Å². The Morgan fingerprint density at radius 1 is 1.10 bits per heavy atom. The smallest absolute Gasteiger partial charge is 0.263 e. The molecule has 1 amide bonds. The molecule has 0 bridgehead atoms. The number of piperidine rings is 1. The Morgan fingerprint density at radius 3 is 2.29 bits per heavy atom. The first-order chi connectivity index (χ1) is 14.5. The van der Waals surface area contributed by atoms with Crippen molar-refractivity contribution in [3.05, 3.63) is 64.1 Å². The molecule has 31 heavy (non-hydrogen) atoms. The molecule has 0 aliphatic carbocycles. The van der Waals surface area contributed by atoms with Crippen LogP contribution in [0.5, 0.6) is 0 Å². The summed E-state index contributed by atoms with van der Waals surface area (Å²) >= 11 is 0. The third kappa shape index (κ3) is 5.43. The normalized spacial score (nSPS) is 15.8. The molecular weight excluding hydrogens is 414 g/mol. The second kappa shape index (κ2) is 8.96. The fraction of sp³-hybridized carbons (Fsp3) is 0.478. The number of hydrogen-bond acceptors (Lipinski definition) is 4. The average molecular weight is 446 g/mol. The van der Waals surface area contributed by atoms with Crippen molar-refractivity contribution in [2.24, 2.45) is 13.0 Å². The predicted molar refractivity (Wildman–Crippen MR) is 121 cm³/mol. The van der Waals surface area contributed by atoms with Gasteiger partial charge in [0.05, 0.1) is 4.90 Å². The maximum atomic E-state index is 12.7. The second-order valence-electron chi connectivity index (χ2n) is 9.20. The van der Waals surface area contributed by atoms with Gasteiger partial charge in [0, 0.05) is 32.9 Å². The summed E-state index contributed by atoms with van der Waals surface area (Å²) in [5.41, 5.74) is 0.907. The molecule has 1 aromatic heterocycles. The number of likely N-dealkylation sites (tertiary alicyclic amines) is 1. The van der Waals surface area contributed by atoms with E-state index in [1.165, 1.54) is 4.57 Å². The van der Waals surface area contributed by atoms with Crippen LogP contribution in [0.3, 0.4) is 0 Å². The molecule has 0 saturated carbocycles. The number of nitrogens with zero attached hydrogens (tertiary/aromatic N) is 2. The molecule has 1 aliphatic rings. The first-order valence-corrected chi connectivity index (χ1v) is 12.0. The third-order valence-corrected chi connectivity index (χ3v) is 7.29. The lowest BCUT2D eigenvalue weighted by molar-refractivity contribution is 0.0689. The lowest BCUT2D eigenvalue weighted by Crippen LogP contribution is -2.43. The summed E-state index contributed by atoms with van der Waals surface area (Å²) in [5, 5.41) is 0. The van der Waals surface area contributed by atoms with Crippen LogP contribution in [0.25, 0.3) is 0 Å². The molecule has 1 aromatic carbocycles. The van der Waals surface area contributed by atoms with Crippen LogP contribution in [-0.4, -0.2) is 43.4 Å². The highest BCUT2D eigenvalue weighted by atomic mass is 32.2. The average Bonchev–Trinajstić information content (AvgIpc) is 2.74. The lowest BCUT2D eigenvalue weighted by atomic mass is 9.87. The Bertz CT molecular complexity index is 1090. The van der Waals surface area contributed by atoms with Crippen LogP contribution in [0.15, 0.2) is 52.3 Å². The number of sulfonamides is 1. The van der Waals surface area contributed by atoms with Crippen molar-refractivity contribution in [2.45, 2.75) is 43.9 Å². The van der Waals surface area contributed by atoms with E-state index in [-0.39, 0.29) is 33.3 Å². The summed E-state index contributed by atoms with van der Waals surface area (Å²) in [5.74, 6) is -0.120. The highest BCUT2D eigenvalue weighted by Crippen LogP contribution is 2.24. The zero-order valence-electron chi connectivity index (χ0n) is 18.6. The van der Waals surface area contributed by atoms with Crippen molar-refractivity contribution >= 4 is 15.9 Å². The molecule has 1 aliphatic heterocycles. The van der Waals surface area contributed by atoms with Crippen molar-refractivity contribution in [3.63, 3.8) is 0 Å². The Labute approximate surface area is 184 Å². The molecule has 1 saturated heterocycles. The second-order valence-corrected chi connectivity index (χ2v) is 11.0. The first kappa shape index (κ1) is 23.2. The van der Waals surface area contributed by atoms with E-state index in [1.807, 2.05) is 12.1 Å². The van der Waals surface area contributed by atoms with E-state index < -0.39 is 10.0 Å². The van der Waals surface area contributed by atoms with Gasteiger partial charge in [-0.25, -0.2) is 13.1 Å². The van der Waals surface area contributed by atoms with E-state index in [1.54, 1.807) is 42.4 Å². The van der Waals surface area contributed by atoms with E-state index in [9.17, 15) is 18.0 Å². The lowest BCUT2D eigenvalue weighted by Gasteiger charge is -2.32. The Hall–Kier alpha value is -2.45. The number of amides is 1. The monoisotopic (exact) mass is 445 g/mol. The standard InChI is InChI=1S/C23H31N3O4S/c1-23(2,3)18-7-9-19(10-8-18)31(29,30)24-16-17-11-14-26(15-12-17)22(28)20-6-5-13-25(4)21(20)27/h5-10,13,17,24H,11-12,14-16H2,1-4H3. The number of hydrogen-bond donors (Lipinski definition) is 1. The van der Waals surface area contributed by atoms with Crippen molar-refractivity contribution in [1.29, 1.82) is 0 Å². The fourth-order valence-corrected chi connectivity index (χ4v) is 4.83. The first-order valence-electron chi connectivity index (χ1n) is 10.5. The van der Waals surface area contributed by atoms with Gasteiger partial charge in [-0.1, -0.05) is 32.9 Å². The highest BCUT2D eigenvalue weighted by molar-refractivity contribution is 7.89. The van der Waals surface area contributed by atoms with E-state index in [0.29, 0.717) is 32.5 Å². The van der Waals surface area contributed by atoms with E-state index in [0.717, 1.165) is 5.56 Å². The van der Waals surface area contributed by atoms with Crippen LogP contribution in [0.1, 0.15) is 49.5 Å². The van der Waals surface area contributed by atoms with Crippen molar-refractivity contribution < 1.29 is 13.2 Å². The molecule has 0 unspecified atom stereocenters.